The van der Waals surface area contributed by atoms with Crippen LogP contribution in [0.1, 0.15) is 30.5 Å². The predicted octanol–water partition coefficient (Wildman–Crippen LogP) is 3.43. The molecule has 1 atom stereocenters. The van der Waals surface area contributed by atoms with E-state index in [2.05, 4.69) is 57.3 Å². The Morgan fingerprint density at radius 3 is 2.33 bits per heavy atom. The van der Waals surface area contributed by atoms with E-state index >= 15 is 0 Å². The number of nitrogens with one attached hydrogen (secondary N) is 1. The Hall–Kier alpha value is -0.980. The van der Waals surface area contributed by atoms with Crippen LogP contribution < -0.4 is 5.32 Å². The Morgan fingerprint density at radius 1 is 1.22 bits per heavy atom. The molecule has 0 spiro atoms. The van der Waals surface area contributed by atoms with Crippen molar-refractivity contribution in [3.63, 3.8) is 0 Å². The van der Waals surface area contributed by atoms with Crippen LogP contribution in [0.25, 0.3) is 0 Å². The van der Waals surface area contributed by atoms with Crippen LogP contribution in [0.5, 0.6) is 0 Å². The van der Waals surface area contributed by atoms with Gasteiger partial charge in [0.15, 0.2) is 0 Å². The highest BCUT2D eigenvalue weighted by Crippen LogP contribution is 2.16. The summed E-state index contributed by atoms with van der Waals surface area (Å²) in [6.45, 7) is 8.39. The molecule has 0 fully saturated rings. The summed E-state index contributed by atoms with van der Waals surface area (Å²) in [5, 5.41) is 12.3. The van der Waals surface area contributed by atoms with Gasteiger partial charge < -0.3 is 0 Å². The van der Waals surface area contributed by atoms with Crippen molar-refractivity contribution in [1.82, 2.24) is 5.32 Å². The second-order valence-electron chi connectivity index (χ2n) is 5.01. The number of nitriles is 1. The first-order valence-electron chi connectivity index (χ1n) is 6.32. The van der Waals surface area contributed by atoms with Gasteiger partial charge >= 0.3 is 0 Å². The first kappa shape index (κ1) is 15.1. The maximum atomic E-state index is 9.03. The normalized spacial score (nSPS) is 12.4. The lowest BCUT2D eigenvalue weighted by Gasteiger charge is -2.14. The molecule has 1 aromatic carbocycles. The van der Waals surface area contributed by atoms with E-state index in [1.807, 2.05) is 11.8 Å². The average molecular weight is 262 g/mol. The number of aryl methyl sites for hydroxylation is 2. The van der Waals surface area contributed by atoms with Crippen LogP contribution in [-0.4, -0.2) is 17.8 Å². The summed E-state index contributed by atoms with van der Waals surface area (Å²) >= 11 is 1.81. The Labute approximate surface area is 115 Å². The summed E-state index contributed by atoms with van der Waals surface area (Å²) < 4.78 is 0. The molecule has 1 unspecified atom stereocenters. The van der Waals surface area contributed by atoms with E-state index in [0.717, 1.165) is 11.5 Å². The van der Waals surface area contributed by atoms with Crippen molar-refractivity contribution in [3.05, 3.63) is 34.9 Å². The molecule has 0 radical (unpaired) electrons. The fourth-order valence-electron chi connectivity index (χ4n) is 1.97. The lowest BCUT2D eigenvalue weighted by Crippen LogP contribution is -2.35. The molecular weight excluding hydrogens is 240 g/mol. The molecule has 1 N–H and O–H groups in total. The van der Waals surface area contributed by atoms with Gasteiger partial charge in [-0.2, -0.15) is 17.0 Å². The third-order valence-corrected chi connectivity index (χ3v) is 3.63. The summed E-state index contributed by atoms with van der Waals surface area (Å²) in [7, 11) is 0. The minimum Gasteiger partial charge on any atom is -0.299 e. The molecule has 0 heterocycles. The van der Waals surface area contributed by atoms with Gasteiger partial charge in [-0.3, -0.25) is 5.32 Å². The molecule has 3 heteroatoms. The van der Waals surface area contributed by atoms with Crippen LogP contribution in [0, 0.1) is 25.2 Å². The lowest BCUT2D eigenvalue weighted by molar-refractivity contribution is 0.560. The third-order valence-electron chi connectivity index (χ3n) is 2.53. The van der Waals surface area contributed by atoms with E-state index in [0.29, 0.717) is 6.04 Å². The average Bonchev–Trinajstić information content (AvgIpc) is 2.25. The van der Waals surface area contributed by atoms with Crippen LogP contribution in [0.3, 0.4) is 0 Å². The zero-order valence-electron chi connectivity index (χ0n) is 11.7. The topological polar surface area (TPSA) is 35.8 Å². The van der Waals surface area contributed by atoms with Gasteiger partial charge in [0, 0.05) is 17.5 Å². The van der Waals surface area contributed by atoms with Gasteiger partial charge in [0.05, 0.1) is 6.07 Å². The zero-order chi connectivity index (χ0) is 13.5. The molecule has 2 nitrogen and oxygen atoms in total. The van der Waals surface area contributed by atoms with Gasteiger partial charge in [0.25, 0.3) is 0 Å². The molecule has 1 aromatic rings. The summed E-state index contributed by atoms with van der Waals surface area (Å²) in [6, 6.07) is 9.24. The molecule has 0 saturated heterocycles. The Kier molecular flexibility index (Phi) is 6.24. The highest BCUT2D eigenvalue weighted by atomic mass is 32.2. The maximum absolute atomic E-state index is 9.03. The Balaban J connectivity index is 2.43. The summed E-state index contributed by atoms with van der Waals surface area (Å²) in [5.41, 5.74) is 3.96. The summed E-state index contributed by atoms with van der Waals surface area (Å²) in [6.07, 6.45) is 0. The van der Waals surface area contributed by atoms with Gasteiger partial charge in [-0.05, 0) is 33.3 Å². The van der Waals surface area contributed by atoms with Crippen LogP contribution in [0.2, 0.25) is 0 Å². The molecule has 0 bridgehead atoms. The predicted molar refractivity (Wildman–Crippen MR) is 79.8 cm³/mol. The fraction of sp³-hybridized carbons (Fsp3) is 0.533. The SMILES string of the molecule is Cc1cc(C)cc(CSCC(C#N)NC(C)C)c1. The number of hydrogen-bond donors (Lipinski definition) is 1. The van der Waals surface area contributed by atoms with Gasteiger partial charge in [-0.25, -0.2) is 0 Å². The first-order valence-corrected chi connectivity index (χ1v) is 7.47. The third kappa shape index (κ3) is 5.57. The van der Waals surface area contributed by atoms with E-state index in [-0.39, 0.29) is 6.04 Å². The number of benzene rings is 1. The standard InChI is InChI=1S/C15H22N2S/c1-11(2)17-15(8-16)10-18-9-14-6-12(3)5-13(4)7-14/h5-7,11,15,17H,9-10H2,1-4H3. The van der Waals surface area contributed by atoms with Crippen molar-refractivity contribution in [3.8, 4) is 6.07 Å². The molecule has 0 aliphatic carbocycles. The van der Waals surface area contributed by atoms with Crippen molar-refractivity contribution in [2.45, 2.75) is 45.5 Å². The van der Waals surface area contributed by atoms with Crippen molar-refractivity contribution < 1.29 is 0 Å². The molecule has 0 amide bonds. The summed E-state index contributed by atoms with van der Waals surface area (Å²) in [4.78, 5) is 0. The van der Waals surface area contributed by atoms with Gasteiger partial charge in [-0.15, -0.1) is 0 Å². The summed E-state index contributed by atoms with van der Waals surface area (Å²) in [5.74, 6) is 1.81. The molecule has 0 saturated carbocycles. The number of rotatable bonds is 6. The molecular formula is C15H22N2S. The molecule has 0 aliphatic rings. The molecule has 98 valence electrons. The van der Waals surface area contributed by atoms with E-state index in [9.17, 15) is 0 Å². The van der Waals surface area contributed by atoms with Gasteiger partial charge in [0.1, 0.15) is 6.04 Å². The molecule has 0 aliphatic heterocycles. The van der Waals surface area contributed by atoms with Crippen molar-refractivity contribution in [2.75, 3.05) is 5.75 Å². The fourth-order valence-corrected chi connectivity index (χ4v) is 2.90. The quantitative estimate of drug-likeness (QED) is 0.853. The monoisotopic (exact) mass is 262 g/mol. The molecule has 18 heavy (non-hydrogen) atoms. The van der Waals surface area contributed by atoms with Crippen LogP contribution in [0.4, 0.5) is 0 Å². The minimum atomic E-state index is -0.0547. The van der Waals surface area contributed by atoms with E-state index in [1.165, 1.54) is 16.7 Å². The number of hydrogen-bond acceptors (Lipinski definition) is 3. The highest BCUT2D eigenvalue weighted by Gasteiger charge is 2.08. The Morgan fingerprint density at radius 2 is 1.83 bits per heavy atom. The second-order valence-corrected chi connectivity index (χ2v) is 6.04. The van der Waals surface area contributed by atoms with Crippen LogP contribution >= 0.6 is 11.8 Å². The largest absolute Gasteiger partial charge is 0.299 e. The van der Waals surface area contributed by atoms with E-state index in [1.54, 1.807) is 0 Å². The smallest absolute Gasteiger partial charge is 0.105 e. The Bertz CT molecular complexity index is 401. The van der Waals surface area contributed by atoms with Crippen molar-refractivity contribution >= 4 is 11.8 Å². The van der Waals surface area contributed by atoms with E-state index in [4.69, 9.17) is 5.26 Å². The molecule has 1 rings (SSSR count). The first-order chi connectivity index (χ1) is 8.51. The van der Waals surface area contributed by atoms with E-state index < -0.39 is 0 Å². The maximum Gasteiger partial charge on any atom is 0.105 e. The molecule has 0 aromatic heterocycles. The van der Waals surface area contributed by atoms with Crippen LogP contribution in [0.15, 0.2) is 18.2 Å². The number of thioether (sulfide) groups is 1. The van der Waals surface area contributed by atoms with Crippen LogP contribution in [-0.2, 0) is 5.75 Å². The highest BCUT2D eigenvalue weighted by molar-refractivity contribution is 7.98. The minimum absolute atomic E-state index is 0.0547. The number of nitrogens with zero attached hydrogens (tertiary/aromatic N) is 1. The van der Waals surface area contributed by atoms with Crippen molar-refractivity contribution in [2.24, 2.45) is 0 Å². The zero-order valence-corrected chi connectivity index (χ0v) is 12.5. The van der Waals surface area contributed by atoms with Gasteiger partial charge in [0.2, 0.25) is 0 Å². The lowest BCUT2D eigenvalue weighted by atomic mass is 10.1. The second kappa shape index (κ2) is 7.45. The van der Waals surface area contributed by atoms with Gasteiger partial charge in [-0.1, -0.05) is 29.3 Å². The van der Waals surface area contributed by atoms with Crippen molar-refractivity contribution in [1.29, 1.82) is 5.26 Å².